The molecule has 0 spiro atoms. The number of hydrogen-bond acceptors (Lipinski definition) is 3. The third-order valence-electron chi connectivity index (χ3n) is 2.85. The second kappa shape index (κ2) is 9.29. The van der Waals surface area contributed by atoms with Crippen molar-refractivity contribution in [1.82, 2.24) is 0 Å². The van der Waals surface area contributed by atoms with Crippen LogP contribution in [0.15, 0.2) is 24.3 Å². The molecule has 1 aromatic rings. The molecule has 0 aromatic heterocycles. The van der Waals surface area contributed by atoms with E-state index < -0.39 is 0 Å². The normalized spacial score (nSPS) is 12.4. The summed E-state index contributed by atoms with van der Waals surface area (Å²) in [6, 6.07) is 8.59. The lowest BCUT2D eigenvalue weighted by atomic mass is 10.0. The molecule has 0 aliphatic carbocycles. The van der Waals surface area contributed by atoms with Gasteiger partial charge in [0.15, 0.2) is 0 Å². The molecule has 102 valence electrons. The fourth-order valence-corrected chi connectivity index (χ4v) is 2.27. The van der Waals surface area contributed by atoms with Gasteiger partial charge in [0.25, 0.3) is 0 Å². The van der Waals surface area contributed by atoms with E-state index in [2.05, 4.69) is 26.0 Å². The monoisotopic (exact) mass is 267 g/mol. The van der Waals surface area contributed by atoms with Crippen LogP contribution in [0.4, 0.5) is 0 Å². The molecule has 1 rings (SSSR count). The molecule has 1 aromatic carbocycles. The Hall–Kier alpha value is -0.670. The van der Waals surface area contributed by atoms with Crippen LogP contribution in [-0.2, 0) is 6.42 Å². The van der Waals surface area contributed by atoms with Gasteiger partial charge in [-0.2, -0.15) is 11.8 Å². The average Bonchev–Trinajstić information content (AvgIpc) is 2.40. The lowest BCUT2D eigenvalue weighted by Crippen LogP contribution is -2.21. The van der Waals surface area contributed by atoms with Crippen molar-refractivity contribution in [2.45, 2.75) is 39.2 Å². The molecule has 2 N–H and O–H groups in total. The Balaban J connectivity index is 2.27. The third-order valence-corrected chi connectivity index (χ3v) is 3.84. The van der Waals surface area contributed by atoms with Crippen LogP contribution in [0.3, 0.4) is 0 Å². The maximum Gasteiger partial charge on any atom is 0.119 e. The van der Waals surface area contributed by atoms with E-state index in [1.165, 1.54) is 17.1 Å². The summed E-state index contributed by atoms with van der Waals surface area (Å²) in [5.41, 5.74) is 7.23. The summed E-state index contributed by atoms with van der Waals surface area (Å²) in [4.78, 5) is 0. The molecule has 1 unspecified atom stereocenters. The standard InChI is InChI=1S/C15H25NOS/c1-3-14(16)12-13-6-8-15(9-7-13)17-10-5-11-18-4-2/h6-9,14H,3-5,10-12,16H2,1-2H3. The molecule has 3 heteroatoms. The van der Waals surface area contributed by atoms with E-state index in [1.54, 1.807) is 0 Å². The second-order valence-electron chi connectivity index (χ2n) is 4.42. The summed E-state index contributed by atoms with van der Waals surface area (Å²) in [6.45, 7) is 5.11. The topological polar surface area (TPSA) is 35.2 Å². The van der Waals surface area contributed by atoms with Crippen LogP contribution in [-0.4, -0.2) is 24.2 Å². The van der Waals surface area contributed by atoms with Crippen molar-refractivity contribution in [3.63, 3.8) is 0 Å². The van der Waals surface area contributed by atoms with Gasteiger partial charge in [0.1, 0.15) is 5.75 Å². The average molecular weight is 267 g/mol. The van der Waals surface area contributed by atoms with Crippen LogP contribution < -0.4 is 10.5 Å². The first kappa shape index (κ1) is 15.4. The molecule has 0 amide bonds. The van der Waals surface area contributed by atoms with Crippen LogP contribution in [0.5, 0.6) is 5.75 Å². The number of thioether (sulfide) groups is 1. The number of nitrogens with two attached hydrogens (primary N) is 1. The van der Waals surface area contributed by atoms with Gasteiger partial charge in [-0.3, -0.25) is 0 Å². The molecule has 0 saturated heterocycles. The summed E-state index contributed by atoms with van der Waals surface area (Å²) in [5.74, 6) is 3.33. The Morgan fingerprint density at radius 1 is 1.22 bits per heavy atom. The summed E-state index contributed by atoms with van der Waals surface area (Å²) in [5, 5.41) is 0. The van der Waals surface area contributed by atoms with Crippen molar-refractivity contribution in [3.8, 4) is 5.75 Å². The predicted molar refractivity (Wildman–Crippen MR) is 81.5 cm³/mol. The van der Waals surface area contributed by atoms with Gasteiger partial charge >= 0.3 is 0 Å². The number of benzene rings is 1. The molecule has 0 bridgehead atoms. The summed E-state index contributed by atoms with van der Waals surface area (Å²) in [6.07, 6.45) is 3.08. The minimum atomic E-state index is 0.267. The minimum Gasteiger partial charge on any atom is -0.494 e. The van der Waals surface area contributed by atoms with Gasteiger partial charge in [-0.25, -0.2) is 0 Å². The van der Waals surface area contributed by atoms with Crippen molar-refractivity contribution < 1.29 is 4.74 Å². The third kappa shape index (κ3) is 6.31. The van der Waals surface area contributed by atoms with Gasteiger partial charge in [0.2, 0.25) is 0 Å². The highest BCUT2D eigenvalue weighted by molar-refractivity contribution is 7.99. The maximum atomic E-state index is 5.94. The summed E-state index contributed by atoms with van der Waals surface area (Å²) >= 11 is 1.96. The van der Waals surface area contributed by atoms with E-state index in [9.17, 15) is 0 Å². The highest BCUT2D eigenvalue weighted by atomic mass is 32.2. The fourth-order valence-electron chi connectivity index (χ4n) is 1.66. The minimum absolute atomic E-state index is 0.267. The fraction of sp³-hybridized carbons (Fsp3) is 0.600. The summed E-state index contributed by atoms with van der Waals surface area (Å²) < 4.78 is 5.69. The van der Waals surface area contributed by atoms with Crippen LogP contribution in [0, 0.1) is 0 Å². The van der Waals surface area contributed by atoms with Gasteiger partial charge in [-0.05, 0) is 48.5 Å². The molecule has 0 heterocycles. The zero-order valence-corrected chi connectivity index (χ0v) is 12.3. The van der Waals surface area contributed by atoms with Crippen LogP contribution in [0.25, 0.3) is 0 Å². The van der Waals surface area contributed by atoms with Crippen LogP contribution in [0.1, 0.15) is 32.3 Å². The highest BCUT2D eigenvalue weighted by Gasteiger charge is 2.01. The number of hydrogen-bond donors (Lipinski definition) is 1. The van der Waals surface area contributed by atoms with Crippen LogP contribution in [0.2, 0.25) is 0 Å². The predicted octanol–water partition coefficient (Wildman–Crippen LogP) is 3.49. The van der Waals surface area contributed by atoms with Gasteiger partial charge in [0, 0.05) is 6.04 Å². The Bertz CT molecular complexity index is 313. The first-order chi connectivity index (χ1) is 8.76. The lowest BCUT2D eigenvalue weighted by Gasteiger charge is -2.10. The molecule has 0 radical (unpaired) electrons. The largest absolute Gasteiger partial charge is 0.494 e. The Morgan fingerprint density at radius 2 is 1.94 bits per heavy atom. The molecular weight excluding hydrogens is 242 g/mol. The van der Waals surface area contributed by atoms with Crippen LogP contribution >= 0.6 is 11.8 Å². The Labute approximate surface area is 115 Å². The van der Waals surface area contributed by atoms with Crippen molar-refractivity contribution >= 4 is 11.8 Å². The molecule has 1 atom stereocenters. The Kier molecular flexibility index (Phi) is 7.94. The van der Waals surface area contributed by atoms with Gasteiger partial charge in [-0.1, -0.05) is 26.0 Å². The van der Waals surface area contributed by atoms with Gasteiger partial charge < -0.3 is 10.5 Å². The number of rotatable bonds is 9. The zero-order chi connectivity index (χ0) is 13.2. The van der Waals surface area contributed by atoms with E-state index >= 15 is 0 Å². The molecular formula is C15H25NOS. The molecule has 18 heavy (non-hydrogen) atoms. The smallest absolute Gasteiger partial charge is 0.119 e. The molecule has 0 aliphatic heterocycles. The van der Waals surface area contributed by atoms with E-state index in [-0.39, 0.29) is 6.04 Å². The highest BCUT2D eigenvalue weighted by Crippen LogP contribution is 2.14. The van der Waals surface area contributed by atoms with E-state index in [0.29, 0.717) is 0 Å². The SMILES string of the molecule is CCSCCCOc1ccc(CC(N)CC)cc1. The quantitative estimate of drug-likeness (QED) is 0.696. The maximum absolute atomic E-state index is 5.94. The summed E-state index contributed by atoms with van der Waals surface area (Å²) in [7, 11) is 0. The van der Waals surface area contributed by atoms with Gasteiger partial charge in [0.05, 0.1) is 6.61 Å². The Morgan fingerprint density at radius 3 is 2.56 bits per heavy atom. The van der Waals surface area contributed by atoms with Crippen molar-refractivity contribution in [3.05, 3.63) is 29.8 Å². The molecule has 0 aliphatic rings. The van der Waals surface area contributed by atoms with E-state index in [1.807, 2.05) is 23.9 Å². The number of ether oxygens (including phenoxy) is 1. The van der Waals surface area contributed by atoms with Crippen molar-refractivity contribution in [2.75, 3.05) is 18.1 Å². The first-order valence-corrected chi connectivity index (χ1v) is 7.96. The zero-order valence-electron chi connectivity index (χ0n) is 11.5. The first-order valence-electron chi connectivity index (χ1n) is 6.81. The van der Waals surface area contributed by atoms with Crippen molar-refractivity contribution in [2.24, 2.45) is 5.73 Å². The lowest BCUT2D eigenvalue weighted by molar-refractivity contribution is 0.318. The molecule has 2 nitrogen and oxygen atoms in total. The van der Waals surface area contributed by atoms with E-state index in [0.717, 1.165) is 31.6 Å². The van der Waals surface area contributed by atoms with Crippen molar-refractivity contribution in [1.29, 1.82) is 0 Å². The van der Waals surface area contributed by atoms with E-state index in [4.69, 9.17) is 10.5 Å². The molecule has 0 saturated carbocycles. The molecule has 0 fully saturated rings. The second-order valence-corrected chi connectivity index (χ2v) is 5.81. The van der Waals surface area contributed by atoms with Gasteiger partial charge in [-0.15, -0.1) is 0 Å².